The molecular formula is C27H34Cl2N2O2S. The highest BCUT2D eigenvalue weighted by Gasteiger charge is 2.21. The number of benzene rings is 2. The molecule has 0 saturated carbocycles. The lowest BCUT2D eigenvalue weighted by Crippen LogP contribution is -2.26. The molecule has 0 saturated heterocycles. The zero-order valence-electron chi connectivity index (χ0n) is 20.7. The lowest BCUT2D eigenvalue weighted by molar-refractivity contribution is -0.144. The fourth-order valence-electron chi connectivity index (χ4n) is 3.04. The van der Waals surface area contributed by atoms with Crippen LogP contribution in [0.3, 0.4) is 0 Å². The van der Waals surface area contributed by atoms with Crippen LogP contribution in [0.2, 0.25) is 10.0 Å². The van der Waals surface area contributed by atoms with Gasteiger partial charge >= 0.3 is 5.97 Å². The maximum atomic E-state index is 12.3. The molecule has 1 atom stereocenters. The Morgan fingerprint density at radius 1 is 1.09 bits per heavy atom. The van der Waals surface area contributed by atoms with Crippen molar-refractivity contribution in [3.63, 3.8) is 0 Å². The molecule has 0 spiro atoms. The standard InChI is InChI=1S/C23H22Cl2N2O2S.2C2H6/c1-14(2)21-20(16-9-10-18(24)19(25)12-16)27-23(30-21)26-13-17(22(28)29-3)11-15-7-5-4-6-8-15;2*1-2/h4-10,12,17H,1,11,13H2,2-3H3,(H,26,27);2*1-2H3. The van der Waals surface area contributed by atoms with E-state index in [9.17, 15) is 4.79 Å². The van der Waals surface area contributed by atoms with Crippen molar-refractivity contribution < 1.29 is 9.53 Å². The van der Waals surface area contributed by atoms with Gasteiger partial charge in [-0.25, -0.2) is 4.98 Å². The second-order valence-corrected chi connectivity index (χ2v) is 8.71. The van der Waals surface area contributed by atoms with Crippen LogP contribution >= 0.6 is 34.5 Å². The van der Waals surface area contributed by atoms with E-state index in [0.717, 1.165) is 27.3 Å². The highest BCUT2D eigenvalue weighted by molar-refractivity contribution is 7.17. The number of nitrogens with zero attached hydrogens (tertiary/aromatic N) is 1. The van der Waals surface area contributed by atoms with Gasteiger partial charge in [-0.3, -0.25) is 4.79 Å². The fourth-order valence-corrected chi connectivity index (χ4v) is 4.26. The minimum absolute atomic E-state index is 0.257. The van der Waals surface area contributed by atoms with Gasteiger partial charge in [0, 0.05) is 12.1 Å². The lowest BCUT2D eigenvalue weighted by Gasteiger charge is -2.15. The Labute approximate surface area is 218 Å². The number of hydrogen-bond donors (Lipinski definition) is 1. The van der Waals surface area contributed by atoms with E-state index < -0.39 is 0 Å². The first-order chi connectivity index (χ1) is 16.4. The second-order valence-electron chi connectivity index (χ2n) is 6.90. The molecule has 2 aromatic carbocycles. The van der Waals surface area contributed by atoms with Gasteiger partial charge in [-0.05, 0) is 36.6 Å². The van der Waals surface area contributed by atoms with Crippen LogP contribution in [0.1, 0.15) is 45.1 Å². The maximum absolute atomic E-state index is 12.3. The molecule has 1 unspecified atom stereocenters. The molecule has 0 amide bonds. The summed E-state index contributed by atoms with van der Waals surface area (Å²) in [7, 11) is 1.41. The van der Waals surface area contributed by atoms with E-state index in [2.05, 4.69) is 11.9 Å². The smallest absolute Gasteiger partial charge is 0.310 e. The summed E-state index contributed by atoms with van der Waals surface area (Å²) in [5.41, 5.74) is 3.62. The summed E-state index contributed by atoms with van der Waals surface area (Å²) in [5.74, 6) is -0.587. The first-order valence-electron chi connectivity index (χ1n) is 11.4. The van der Waals surface area contributed by atoms with Crippen LogP contribution in [0.15, 0.2) is 55.1 Å². The van der Waals surface area contributed by atoms with Crippen LogP contribution in [0.5, 0.6) is 0 Å². The summed E-state index contributed by atoms with van der Waals surface area (Å²) in [4.78, 5) is 18.0. The van der Waals surface area contributed by atoms with Crippen molar-refractivity contribution in [2.45, 2.75) is 41.0 Å². The van der Waals surface area contributed by atoms with Crippen LogP contribution in [0, 0.1) is 5.92 Å². The first-order valence-corrected chi connectivity index (χ1v) is 12.9. The van der Waals surface area contributed by atoms with E-state index in [-0.39, 0.29) is 11.9 Å². The van der Waals surface area contributed by atoms with Gasteiger partial charge in [0.25, 0.3) is 0 Å². The number of thiazole rings is 1. The SMILES string of the molecule is C=C(C)c1sc(NCC(Cc2ccccc2)C(=O)OC)nc1-c1ccc(Cl)c(Cl)c1.CC.CC. The van der Waals surface area contributed by atoms with E-state index in [1.807, 2.05) is 71.0 Å². The Hall–Kier alpha value is -2.34. The molecule has 184 valence electrons. The van der Waals surface area contributed by atoms with Crippen molar-refractivity contribution >= 4 is 51.2 Å². The monoisotopic (exact) mass is 520 g/mol. The number of ether oxygens (including phenoxy) is 1. The first kappa shape index (κ1) is 29.7. The number of esters is 1. The number of carbonyl (C=O) groups excluding carboxylic acids is 1. The Bertz CT molecular complexity index is 1050. The van der Waals surface area contributed by atoms with Gasteiger partial charge in [0.1, 0.15) is 0 Å². The normalized spacial score (nSPS) is 10.7. The van der Waals surface area contributed by atoms with E-state index >= 15 is 0 Å². The summed E-state index contributed by atoms with van der Waals surface area (Å²) in [6.45, 7) is 14.4. The predicted octanol–water partition coefficient (Wildman–Crippen LogP) is 8.65. The fraction of sp³-hybridized carbons (Fsp3) is 0.333. The maximum Gasteiger partial charge on any atom is 0.310 e. The number of methoxy groups -OCH3 is 1. The molecule has 4 nitrogen and oxygen atoms in total. The number of aromatic nitrogens is 1. The van der Waals surface area contributed by atoms with Gasteiger partial charge in [0.15, 0.2) is 5.13 Å². The molecule has 0 aliphatic carbocycles. The van der Waals surface area contributed by atoms with Crippen molar-refractivity contribution in [3.8, 4) is 11.3 Å². The molecule has 1 N–H and O–H groups in total. The van der Waals surface area contributed by atoms with Crippen molar-refractivity contribution in [2.75, 3.05) is 19.0 Å². The van der Waals surface area contributed by atoms with E-state index in [1.54, 1.807) is 12.1 Å². The van der Waals surface area contributed by atoms with Crippen LogP contribution in [0.4, 0.5) is 5.13 Å². The lowest BCUT2D eigenvalue weighted by atomic mass is 9.99. The predicted molar refractivity (Wildman–Crippen MR) is 149 cm³/mol. The Kier molecular flexibility index (Phi) is 13.6. The van der Waals surface area contributed by atoms with Gasteiger partial charge in [-0.2, -0.15) is 0 Å². The minimum Gasteiger partial charge on any atom is -0.469 e. The average molecular weight is 522 g/mol. The quantitative estimate of drug-likeness (QED) is 0.302. The number of allylic oxidation sites excluding steroid dienone is 1. The van der Waals surface area contributed by atoms with Crippen molar-refractivity contribution in [3.05, 3.63) is 75.6 Å². The Balaban J connectivity index is 0.00000137. The van der Waals surface area contributed by atoms with Gasteiger partial charge in [0.05, 0.1) is 33.6 Å². The molecule has 1 aromatic heterocycles. The van der Waals surface area contributed by atoms with Crippen LogP contribution in [-0.2, 0) is 16.0 Å². The molecule has 0 aliphatic rings. The topological polar surface area (TPSA) is 51.2 Å². The Morgan fingerprint density at radius 2 is 1.74 bits per heavy atom. The van der Waals surface area contributed by atoms with Gasteiger partial charge < -0.3 is 10.1 Å². The van der Waals surface area contributed by atoms with E-state index in [4.69, 9.17) is 32.9 Å². The third-order valence-corrected chi connectivity index (χ3v) is 6.48. The average Bonchev–Trinajstić information content (AvgIpc) is 3.31. The van der Waals surface area contributed by atoms with Crippen molar-refractivity contribution in [2.24, 2.45) is 5.92 Å². The molecule has 7 heteroatoms. The van der Waals surface area contributed by atoms with Gasteiger partial charge in [-0.1, -0.05) is 105 Å². The molecule has 34 heavy (non-hydrogen) atoms. The molecule has 0 aliphatic heterocycles. The van der Waals surface area contributed by atoms with E-state index in [1.165, 1.54) is 18.4 Å². The molecular weight excluding hydrogens is 487 g/mol. The van der Waals surface area contributed by atoms with E-state index in [0.29, 0.717) is 28.1 Å². The van der Waals surface area contributed by atoms with Crippen LogP contribution < -0.4 is 5.32 Å². The summed E-state index contributed by atoms with van der Waals surface area (Å²) in [6, 6.07) is 15.3. The third-order valence-electron chi connectivity index (χ3n) is 4.57. The zero-order chi connectivity index (χ0) is 25.7. The number of nitrogens with one attached hydrogen (secondary N) is 1. The van der Waals surface area contributed by atoms with Crippen LogP contribution in [0.25, 0.3) is 16.8 Å². The third kappa shape index (κ3) is 8.46. The minimum atomic E-state index is -0.331. The molecule has 0 fully saturated rings. The summed E-state index contributed by atoms with van der Waals surface area (Å²) in [5, 5.41) is 4.97. The zero-order valence-corrected chi connectivity index (χ0v) is 23.1. The highest BCUT2D eigenvalue weighted by Crippen LogP contribution is 2.37. The second kappa shape index (κ2) is 15.5. The largest absolute Gasteiger partial charge is 0.469 e. The summed E-state index contributed by atoms with van der Waals surface area (Å²) < 4.78 is 5.00. The molecule has 1 heterocycles. The number of hydrogen-bond acceptors (Lipinski definition) is 5. The molecule has 0 radical (unpaired) electrons. The molecule has 3 aromatic rings. The van der Waals surface area contributed by atoms with Crippen molar-refractivity contribution in [1.29, 1.82) is 0 Å². The summed E-state index contributed by atoms with van der Waals surface area (Å²) in [6.07, 6.45) is 0.582. The summed E-state index contributed by atoms with van der Waals surface area (Å²) >= 11 is 13.7. The van der Waals surface area contributed by atoms with Gasteiger partial charge in [-0.15, -0.1) is 0 Å². The van der Waals surface area contributed by atoms with Gasteiger partial charge in [0.2, 0.25) is 0 Å². The molecule has 0 bridgehead atoms. The highest BCUT2D eigenvalue weighted by atomic mass is 35.5. The number of anilines is 1. The number of carbonyl (C=O) groups is 1. The number of halogens is 2. The van der Waals surface area contributed by atoms with Crippen molar-refractivity contribution in [1.82, 2.24) is 4.98 Å². The van der Waals surface area contributed by atoms with Crippen LogP contribution in [-0.4, -0.2) is 24.6 Å². The molecule has 3 rings (SSSR count). The number of rotatable bonds is 8. The Morgan fingerprint density at radius 3 is 2.29 bits per heavy atom.